The van der Waals surface area contributed by atoms with Crippen molar-refractivity contribution in [2.45, 2.75) is 0 Å². The molecule has 0 saturated carbocycles. The Balaban J connectivity index is 2.56. The van der Waals surface area contributed by atoms with Crippen LogP contribution in [0, 0.1) is 11.3 Å². The van der Waals surface area contributed by atoms with Crippen molar-refractivity contribution in [2.24, 2.45) is 0 Å². The minimum absolute atomic E-state index is 0.291. The Kier molecular flexibility index (Phi) is 2.70. The van der Waals surface area contributed by atoms with E-state index in [2.05, 4.69) is 16.0 Å². The van der Waals surface area contributed by atoms with Gasteiger partial charge in [-0.15, -0.1) is 11.3 Å². The zero-order valence-electron chi connectivity index (χ0n) is 8.47. The molecule has 6 heteroatoms. The molecule has 2 N–H and O–H groups in total. The van der Waals surface area contributed by atoms with Crippen molar-refractivity contribution in [3.05, 3.63) is 23.3 Å². The minimum Gasteiger partial charge on any atom is -0.491 e. The lowest BCUT2D eigenvalue weighted by molar-refractivity contribution is 0.415. The van der Waals surface area contributed by atoms with E-state index < -0.39 is 0 Å². The summed E-state index contributed by atoms with van der Waals surface area (Å²) in [6.45, 7) is 0. The highest BCUT2D eigenvalue weighted by molar-refractivity contribution is 7.16. The second-order valence-corrected chi connectivity index (χ2v) is 4.00. The maximum atomic E-state index is 8.75. The highest BCUT2D eigenvalue weighted by Gasteiger charge is 2.13. The third kappa shape index (κ3) is 1.68. The van der Waals surface area contributed by atoms with Crippen molar-refractivity contribution in [3.63, 3.8) is 0 Å². The third-order valence-corrected chi connectivity index (χ3v) is 2.98. The Hall–Kier alpha value is -2.13. The van der Waals surface area contributed by atoms with Crippen LogP contribution in [-0.4, -0.2) is 17.1 Å². The number of hydrogen-bond donors (Lipinski definition) is 1. The van der Waals surface area contributed by atoms with E-state index in [9.17, 15) is 0 Å². The number of nitrogens with zero attached hydrogens (tertiary/aromatic N) is 3. The van der Waals surface area contributed by atoms with Gasteiger partial charge in [0.2, 0.25) is 0 Å². The predicted molar refractivity (Wildman–Crippen MR) is 61.0 cm³/mol. The standard InChI is InChI=1S/C10H8N4OS/c1-15-9-8(13-5-14-10(9)12)7-3-2-6(4-11)16-7/h2-3,5H,1H3,(H2,12,13,14). The van der Waals surface area contributed by atoms with Gasteiger partial charge >= 0.3 is 0 Å². The van der Waals surface area contributed by atoms with Crippen LogP contribution in [0.1, 0.15) is 4.88 Å². The van der Waals surface area contributed by atoms with E-state index in [0.29, 0.717) is 22.1 Å². The molecule has 16 heavy (non-hydrogen) atoms. The minimum atomic E-state index is 0.291. The van der Waals surface area contributed by atoms with Crippen LogP contribution < -0.4 is 10.5 Å². The zero-order valence-corrected chi connectivity index (χ0v) is 9.28. The fraction of sp³-hybridized carbons (Fsp3) is 0.100. The Labute approximate surface area is 96.1 Å². The molecule has 0 spiro atoms. The van der Waals surface area contributed by atoms with E-state index in [-0.39, 0.29) is 0 Å². The van der Waals surface area contributed by atoms with Gasteiger partial charge in [-0.1, -0.05) is 0 Å². The van der Waals surface area contributed by atoms with Crippen LogP contribution in [0.2, 0.25) is 0 Å². The van der Waals surface area contributed by atoms with Gasteiger partial charge in [0.05, 0.1) is 12.0 Å². The maximum Gasteiger partial charge on any atom is 0.188 e. The zero-order chi connectivity index (χ0) is 11.5. The molecule has 0 fully saturated rings. The molecule has 0 unspecified atom stereocenters. The maximum absolute atomic E-state index is 8.75. The normalized spacial score (nSPS) is 9.75. The van der Waals surface area contributed by atoms with E-state index in [1.165, 1.54) is 24.8 Å². The molecule has 0 atom stereocenters. The molecule has 0 aliphatic rings. The second kappa shape index (κ2) is 4.16. The molecule has 2 rings (SSSR count). The van der Waals surface area contributed by atoms with Gasteiger partial charge in [-0.25, -0.2) is 9.97 Å². The second-order valence-electron chi connectivity index (χ2n) is 2.92. The summed E-state index contributed by atoms with van der Waals surface area (Å²) in [7, 11) is 1.51. The van der Waals surface area contributed by atoms with E-state index in [1.54, 1.807) is 6.07 Å². The summed E-state index contributed by atoms with van der Waals surface area (Å²) >= 11 is 1.34. The van der Waals surface area contributed by atoms with Crippen molar-refractivity contribution in [1.82, 2.24) is 9.97 Å². The Bertz CT molecular complexity index is 558. The topological polar surface area (TPSA) is 84.8 Å². The van der Waals surface area contributed by atoms with Gasteiger partial charge in [0.25, 0.3) is 0 Å². The van der Waals surface area contributed by atoms with Crippen LogP contribution in [0.25, 0.3) is 10.6 Å². The lowest BCUT2D eigenvalue weighted by Gasteiger charge is -2.06. The molecule has 0 aliphatic heterocycles. The first-order chi connectivity index (χ1) is 7.76. The molecule has 0 radical (unpaired) electrons. The van der Waals surface area contributed by atoms with Gasteiger partial charge in [0.1, 0.15) is 23.0 Å². The summed E-state index contributed by atoms with van der Waals surface area (Å²) in [6.07, 6.45) is 1.37. The highest BCUT2D eigenvalue weighted by Crippen LogP contribution is 2.35. The highest BCUT2D eigenvalue weighted by atomic mass is 32.1. The monoisotopic (exact) mass is 232 g/mol. The smallest absolute Gasteiger partial charge is 0.188 e. The average Bonchev–Trinajstić information content (AvgIpc) is 2.77. The number of nitrogen functional groups attached to an aromatic ring is 1. The van der Waals surface area contributed by atoms with Crippen LogP contribution in [-0.2, 0) is 0 Å². The van der Waals surface area contributed by atoms with E-state index in [0.717, 1.165) is 4.88 Å². The first-order valence-corrected chi connectivity index (χ1v) is 5.22. The molecule has 0 amide bonds. The van der Waals surface area contributed by atoms with Gasteiger partial charge in [-0.3, -0.25) is 0 Å². The van der Waals surface area contributed by atoms with E-state index in [4.69, 9.17) is 15.7 Å². The van der Waals surface area contributed by atoms with Crippen molar-refractivity contribution in [2.75, 3.05) is 12.8 Å². The van der Waals surface area contributed by atoms with Crippen molar-refractivity contribution < 1.29 is 4.74 Å². The molecular weight excluding hydrogens is 224 g/mol. The molecule has 80 valence electrons. The number of nitriles is 1. The number of methoxy groups -OCH3 is 1. The number of hydrogen-bond acceptors (Lipinski definition) is 6. The number of ether oxygens (including phenoxy) is 1. The van der Waals surface area contributed by atoms with Gasteiger partial charge in [0, 0.05) is 0 Å². The molecule has 0 bridgehead atoms. The Morgan fingerprint density at radius 2 is 2.25 bits per heavy atom. The summed E-state index contributed by atoms with van der Waals surface area (Å²) in [6, 6.07) is 5.62. The van der Waals surface area contributed by atoms with Gasteiger partial charge in [-0.2, -0.15) is 5.26 Å². The third-order valence-electron chi connectivity index (χ3n) is 1.99. The SMILES string of the molecule is COc1c(N)ncnc1-c1ccc(C#N)s1. The fourth-order valence-electron chi connectivity index (χ4n) is 1.29. The summed E-state index contributed by atoms with van der Waals surface area (Å²) < 4.78 is 5.15. The molecule has 5 nitrogen and oxygen atoms in total. The molecule has 2 aromatic heterocycles. The average molecular weight is 232 g/mol. The Morgan fingerprint density at radius 1 is 1.44 bits per heavy atom. The predicted octanol–water partition coefficient (Wildman–Crippen LogP) is 1.67. The largest absolute Gasteiger partial charge is 0.491 e. The summed E-state index contributed by atoms with van der Waals surface area (Å²) in [5, 5.41) is 8.75. The van der Waals surface area contributed by atoms with E-state index in [1.807, 2.05) is 6.07 Å². The first kappa shape index (κ1) is 10.4. The number of nitrogens with two attached hydrogens (primary N) is 1. The molecule has 0 aliphatic carbocycles. The summed E-state index contributed by atoms with van der Waals surface area (Å²) in [5.74, 6) is 0.730. The molecule has 2 aromatic rings. The van der Waals surface area contributed by atoms with Crippen molar-refractivity contribution in [3.8, 4) is 22.4 Å². The van der Waals surface area contributed by atoms with Gasteiger partial charge in [-0.05, 0) is 12.1 Å². The fourth-order valence-corrected chi connectivity index (χ4v) is 2.09. The van der Waals surface area contributed by atoms with Crippen LogP contribution >= 0.6 is 11.3 Å². The van der Waals surface area contributed by atoms with Crippen LogP contribution in [0.5, 0.6) is 5.75 Å². The quantitative estimate of drug-likeness (QED) is 0.851. The lowest BCUT2D eigenvalue weighted by atomic mass is 10.3. The Morgan fingerprint density at radius 3 is 2.88 bits per heavy atom. The van der Waals surface area contributed by atoms with Gasteiger partial charge < -0.3 is 10.5 Å². The first-order valence-electron chi connectivity index (χ1n) is 4.41. The number of rotatable bonds is 2. The molecule has 2 heterocycles. The van der Waals surface area contributed by atoms with Crippen LogP contribution in [0.3, 0.4) is 0 Å². The summed E-state index contributed by atoms with van der Waals surface area (Å²) in [4.78, 5) is 9.41. The molecular formula is C10H8N4OS. The lowest BCUT2D eigenvalue weighted by Crippen LogP contribution is -1.98. The summed E-state index contributed by atoms with van der Waals surface area (Å²) in [5.41, 5.74) is 6.28. The van der Waals surface area contributed by atoms with E-state index >= 15 is 0 Å². The van der Waals surface area contributed by atoms with Crippen LogP contribution in [0.15, 0.2) is 18.5 Å². The number of anilines is 1. The molecule has 0 saturated heterocycles. The number of thiophene rings is 1. The molecule has 0 aromatic carbocycles. The van der Waals surface area contributed by atoms with Crippen molar-refractivity contribution >= 4 is 17.2 Å². The number of aromatic nitrogens is 2. The van der Waals surface area contributed by atoms with Crippen molar-refractivity contribution in [1.29, 1.82) is 5.26 Å². The van der Waals surface area contributed by atoms with Crippen LogP contribution in [0.4, 0.5) is 5.82 Å². The van der Waals surface area contributed by atoms with Gasteiger partial charge in [0.15, 0.2) is 11.6 Å².